The van der Waals surface area contributed by atoms with Gasteiger partial charge in [0.05, 0.1) is 6.61 Å². The average Bonchev–Trinajstić information content (AvgIpc) is 2.99. The molecule has 1 N–H and O–H groups in total. The van der Waals surface area contributed by atoms with Gasteiger partial charge < -0.3 is 14.6 Å². The molecule has 242 valence electrons. The highest BCUT2D eigenvalue weighted by atomic mass is 16.6. The van der Waals surface area contributed by atoms with Crippen LogP contribution in [0.2, 0.25) is 0 Å². The van der Waals surface area contributed by atoms with Gasteiger partial charge in [-0.15, -0.1) is 0 Å². The molecule has 0 rings (SSSR count). The third-order valence-corrected chi connectivity index (χ3v) is 7.10. The van der Waals surface area contributed by atoms with Crippen LogP contribution in [0, 0.1) is 0 Å². The minimum absolute atomic E-state index is 0.0914. The maximum atomic E-state index is 12.1. The first-order chi connectivity index (χ1) is 20.6. The number of ether oxygens (including phenoxy) is 2. The first-order valence-corrected chi connectivity index (χ1v) is 17.2. The summed E-state index contributed by atoms with van der Waals surface area (Å²) in [6.45, 7) is 4.02. The van der Waals surface area contributed by atoms with E-state index in [9.17, 15) is 14.7 Å². The fraction of sp³-hybridized carbons (Fsp3) is 0.730. The van der Waals surface area contributed by atoms with Gasteiger partial charge >= 0.3 is 11.9 Å². The van der Waals surface area contributed by atoms with E-state index < -0.39 is 6.10 Å². The van der Waals surface area contributed by atoms with E-state index in [1.807, 2.05) is 0 Å². The van der Waals surface area contributed by atoms with Crippen molar-refractivity contribution >= 4 is 11.9 Å². The summed E-state index contributed by atoms with van der Waals surface area (Å²) in [4.78, 5) is 24.1. The molecule has 0 aliphatic rings. The van der Waals surface area contributed by atoms with E-state index in [4.69, 9.17) is 9.47 Å². The van der Waals surface area contributed by atoms with E-state index in [1.165, 1.54) is 77.0 Å². The van der Waals surface area contributed by atoms with Crippen LogP contribution in [0.15, 0.2) is 48.6 Å². The monoisotopic (exact) mass is 588 g/mol. The van der Waals surface area contributed by atoms with Gasteiger partial charge in [0.15, 0.2) is 6.10 Å². The molecule has 5 heteroatoms. The molecule has 0 fully saturated rings. The quantitative estimate of drug-likeness (QED) is 0.0513. The maximum absolute atomic E-state index is 12.1. The molecule has 1 unspecified atom stereocenters. The molecule has 0 spiro atoms. The summed E-state index contributed by atoms with van der Waals surface area (Å²) >= 11 is 0. The first kappa shape index (κ1) is 39.9. The van der Waals surface area contributed by atoms with E-state index in [0.717, 1.165) is 44.9 Å². The Labute approximate surface area is 258 Å². The lowest BCUT2D eigenvalue weighted by molar-refractivity contribution is -0.161. The lowest BCUT2D eigenvalue weighted by atomic mass is 10.1. The molecule has 0 aliphatic carbocycles. The molecule has 0 bridgehead atoms. The van der Waals surface area contributed by atoms with Crippen molar-refractivity contribution in [3.8, 4) is 0 Å². The number of carbonyl (C=O) groups is 2. The third-order valence-electron chi connectivity index (χ3n) is 7.10. The molecule has 0 aromatic heterocycles. The summed E-state index contributed by atoms with van der Waals surface area (Å²) < 4.78 is 10.5. The van der Waals surface area contributed by atoms with Crippen molar-refractivity contribution in [3.05, 3.63) is 48.6 Å². The smallest absolute Gasteiger partial charge is 0.306 e. The zero-order chi connectivity index (χ0) is 30.8. The van der Waals surface area contributed by atoms with Gasteiger partial charge in [0, 0.05) is 12.8 Å². The van der Waals surface area contributed by atoms with Gasteiger partial charge in [0.2, 0.25) is 0 Å². The second-order valence-electron chi connectivity index (χ2n) is 11.2. The highest BCUT2D eigenvalue weighted by molar-refractivity contribution is 5.70. The van der Waals surface area contributed by atoms with Gasteiger partial charge in [0.1, 0.15) is 6.61 Å². The fourth-order valence-electron chi connectivity index (χ4n) is 4.43. The van der Waals surface area contributed by atoms with Crippen LogP contribution in [-0.2, 0) is 19.1 Å². The molecule has 0 saturated carbocycles. The van der Waals surface area contributed by atoms with E-state index in [0.29, 0.717) is 12.8 Å². The van der Waals surface area contributed by atoms with Crippen LogP contribution in [0.5, 0.6) is 0 Å². The zero-order valence-corrected chi connectivity index (χ0v) is 27.2. The molecule has 1 atom stereocenters. The Kier molecular flexibility index (Phi) is 31.7. The molecule has 0 radical (unpaired) electrons. The topological polar surface area (TPSA) is 72.8 Å². The van der Waals surface area contributed by atoms with Crippen LogP contribution >= 0.6 is 0 Å². The molecule has 0 aromatic carbocycles. The van der Waals surface area contributed by atoms with Gasteiger partial charge in [-0.2, -0.15) is 0 Å². The maximum Gasteiger partial charge on any atom is 0.306 e. The Morgan fingerprint density at radius 3 is 1.60 bits per heavy atom. The predicted octanol–water partition coefficient (Wildman–Crippen LogP) is 10.3. The van der Waals surface area contributed by atoms with Crippen LogP contribution in [0.1, 0.15) is 155 Å². The van der Waals surface area contributed by atoms with Crippen molar-refractivity contribution in [1.29, 1.82) is 0 Å². The van der Waals surface area contributed by atoms with Crippen LogP contribution in [0.25, 0.3) is 0 Å². The van der Waals surface area contributed by atoms with E-state index >= 15 is 0 Å². The largest absolute Gasteiger partial charge is 0.462 e. The Bertz CT molecular complexity index is 722. The lowest BCUT2D eigenvalue weighted by Crippen LogP contribution is -2.28. The van der Waals surface area contributed by atoms with E-state index in [1.54, 1.807) is 0 Å². The second-order valence-corrected chi connectivity index (χ2v) is 11.2. The van der Waals surface area contributed by atoms with Crippen molar-refractivity contribution in [1.82, 2.24) is 0 Å². The Morgan fingerprint density at radius 1 is 0.548 bits per heavy atom. The molecular weight excluding hydrogens is 524 g/mol. The highest BCUT2D eigenvalue weighted by Gasteiger charge is 2.15. The minimum Gasteiger partial charge on any atom is -0.462 e. The van der Waals surface area contributed by atoms with Gasteiger partial charge in [-0.1, -0.05) is 127 Å². The molecule has 0 heterocycles. The Balaban J connectivity index is 3.70. The standard InChI is InChI=1S/C37H64O5/c1-3-5-7-9-11-13-15-16-17-18-19-20-22-24-26-28-30-32-37(40)42-35(33-38)34-41-36(39)31-29-27-25-23-21-14-12-10-8-6-4-2/h10,12,16-17,19-20,24,26,35,38H,3-9,11,13-15,18,21-23,25,27-34H2,1-2H3. The van der Waals surface area contributed by atoms with Crippen molar-refractivity contribution in [3.63, 3.8) is 0 Å². The number of esters is 2. The van der Waals surface area contributed by atoms with Gasteiger partial charge in [-0.3, -0.25) is 9.59 Å². The van der Waals surface area contributed by atoms with Gasteiger partial charge in [0.25, 0.3) is 0 Å². The number of aliphatic hydroxyl groups is 1. The second kappa shape index (κ2) is 33.4. The summed E-state index contributed by atoms with van der Waals surface area (Å²) in [7, 11) is 0. The molecular formula is C37H64O5. The summed E-state index contributed by atoms with van der Waals surface area (Å²) in [5, 5.41) is 9.49. The van der Waals surface area contributed by atoms with Crippen LogP contribution in [0.4, 0.5) is 0 Å². The van der Waals surface area contributed by atoms with Crippen LogP contribution < -0.4 is 0 Å². The number of allylic oxidation sites excluding steroid dienone is 8. The van der Waals surface area contributed by atoms with Gasteiger partial charge in [-0.05, 0) is 64.2 Å². The summed E-state index contributed by atoms with van der Waals surface area (Å²) in [5.41, 5.74) is 0. The summed E-state index contributed by atoms with van der Waals surface area (Å²) in [6, 6.07) is 0. The molecule has 0 aromatic rings. The number of carbonyl (C=O) groups excluding carboxylic acids is 2. The summed E-state index contributed by atoms with van der Waals surface area (Å²) in [5.74, 6) is -0.668. The van der Waals surface area contributed by atoms with Crippen molar-refractivity contribution in [2.45, 2.75) is 161 Å². The van der Waals surface area contributed by atoms with Crippen molar-refractivity contribution in [2.75, 3.05) is 13.2 Å². The van der Waals surface area contributed by atoms with Crippen LogP contribution in [0.3, 0.4) is 0 Å². The molecule has 0 saturated heterocycles. The Hall–Kier alpha value is -2.14. The number of hydrogen-bond donors (Lipinski definition) is 1. The number of unbranched alkanes of at least 4 members (excludes halogenated alkanes) is 14. The lowest BCUT2D eigenvalue weighted by Gasteiger charge is -2.15. The average molecular weight is 589 g/mol. The van der Waals surface area contributed by atoms with Crippen molar-refractivity contribution < 1.29 is 24.2 Å². The van der Waals surface area contributed by atoms with Crippen molar-refractivity contribution in [2.24, 2.45) is 0 Å². The number of aliphatic hydroxyl groups excluding tert-OH is 1. The van der Waals surface area contributed by atoms with E-state index in [2.05, 4.69) is 62.5 Å². The third kappa shape index (κ3) is 30.8. The fourth-order valence-corrected chi connectivity index (χ4v) is 4.43. The normalized spacial score (nSPS) is 12.7. The molecule has 5 nitrogen and oxygen atoms in total. The Morgan fingerprint density at radius 2 is 1.00 bits per heavy atom. The van der Waals surface area contributed by atoms with Gasteiger partial charge in [-0.25, -0.2) is 0 Å². The van der Waals surface area contributed by atoms with E-state index in [-0.39, 0.29) is 31.6 Å². The minimum atomic E-state index is -0.799. The number of hydrogen-bond acceptors (Lipinski definition) is 5. The molecule has 0 amide bonds. The predicted molar refractivity (Wildman–Crippen MR) is 177 cm³/mol. The SMILES string of the molecule is CCCCC=CCCCCCCCC(=O)OCC(CO)OC(=O)CCCC=CCC=CCC=CCCCCCCCC. The first-order valence-electron chi connectivity index (χ1n) is 17.2. The highest BCUT2D eigenvalue weighted by Crippen LogP contribution is 2.10. The molecule has 42 heavy (non-hydrogen) atoms. The van der Waals surface area contributed by atoms with Crippen LogP contribution in [-0.4, -0.2) is 36.4 Å². The number of rotatable bonds is 30. The summed E-state index contributed by atoms with van der Waals surface area (Å²) in [6.07, 6.45) is 40.3. The zero-order valence-electron chi connectivity index (χ0n) is 27.2. The molecule has 0 aliphatic heterocycles.